The van der Waals surface area contributed by atoms with E-state index in [1.165, 1.54) is 5.56 Å². The highest BCUT2D eigenvalue weighted by Crippen LogP contribution is 2.32. The third-order valence-electron chi connectivity index (χ3n) is 4.43. The smallest absolute Gasteiger partial charge is 0.251 e. The fourth-order valence-corrected chi connectivity index (χ4v) is 3.01. The molecule has 1 aliphatic rings. The van der Waals surface area contributed by atoms with Crippen LogP contribution in [0.1, 0.15) is 35.3 Å². The Kier molecular flexibility index (Phi) is 9.72. The highest BCUT2D eigenvalue weighted by molar-refractivity contribution is 14.0. The number of nitrogens with zero attached hydrogens (tertiary/aromatic N) is 1. The van der Waals surface area contributed by atoms with Gasteiger partial charge in [-0.05, 0) is 55.7 Å². The lowest BCUT2D eigenvalue weighted by atomic mass is 10.1. The Morgan fingerprint density at radius 3 is 2.57 bits per heavy atom. The van der Waals surface area contributed by atoms with Crippen LogP contribution in [0.3, 0.4) is 0 Å². The molecule has 1 amide bonds. The first-order chi connectivity index (χ1) is 14.2. The monoisotopic (exact) mass is 524 g/mol. The molecule has 0 unspecified atom stereocenters. The quantitative estimate of drug-likeness (QED) is 0.281. The van der Waals surface area contributed by atoms with E-state index in [-0.39, 0.29) is 36.7 Å². The van der Waals surface area contributed by atoms with Gasteiger partial charge in [-0.1, -0.05) is 18.2 Å². The molecule has 7 nitrogen and oxygen atoms in total. The van der Waals surface area contributed by atoms with Crippen LogP contribution in [0.15, 0.2) is 47.5 Å². The molecule has 0 saturated carbocycles. The number of carbonyl (C=O) groups excluding carboxylic acids is 1. The average molecular weight is 524 g/mol. The second-order valence-corrected chi connectivity index (χ2v) is 6.62. The largest absolute Gasteiger partial charge is 0.454 e. The molecule has 0 atom stereocenters. The second-order valence-electron chi connectivity index (χ2n) is 6.62. The van der Waals surface area contributed by atoms with E-state index in [0.717, 1.165) is 42.5 Å². The molecule has 8 heteroatoms. The SMILES string of the molecule is CCNC(=O)c1cccc(CN=C(NCC)NCCc2ccc3c(c2)OCO3)c1.I. The number of hydrogen-bond acceptors (Lipinski definition) is 4. The van der Waals surface area contributed by atoms with Crippen molar-refractivity contribution in [3.8, 4) is 11.5 Å². The van der Waals surface area contributed by atoms with Gasteiger partial charge in [-0.25, -0.2) is 4.99 Å². The van der Waals surface area contributed by atoms with Gasteiger partial charge >= 0.3 is 0 Å². The van der Waals surface area contributed by atoms with Crippen molar-refractivity contribution in [2.75, 3.05) is 26.4 Å². The fourth-order valence-electron chi connectivity index (χ4n) is 3.01. The van der Waals surface area contributed by atoms with E-state index >= 15 is 0 Å². The van der Waals surface area contributed by atoms with Crippen molar-refractivity contribution in [3.05, 3.63) is 59.2 Å². The molecule has 0 aliphatic carbocycles. The number of nitrogens with one attached hydrogen (secondary N) is 3. The Bertz CT molecular complexity index is 873. The fraction of sp³-hybridized carbons (Fsp3) is 0.364. The Hall–Kier alpha value is -2.49. The maximum atomic E-state index is 12.0. The van der Waals surface area contributed by atoms with Gasteiger partial charge in [0.25, 0.3) is 5.91 Å². The first kappa shape index (κ1) is 23.8. The van der Waals surface area contributed by atoms with Gasteiger partial charge in [-0.15, -0.1) is 24.0 Å². The van der Waals surface area contributed by atoms with Crippen LogP contribution in [-0.2, 0) is 13.0 Å². The summed E-state index contributed by atoms with van der Waals surface area (Å²) in [6.07, 6.45) is 0.841. The maximum Gasteiger partial charge on any atom is 0.251 e. The minimum absolute atomic E-state index is 0. The zero-order valence-corrected chi connectivity index (χ0v) is 19.7. The highest BCUT2D eigenvalue weighted by Gasteiger charge is 2.13. The summed E-state index contributed by atoms with van der Waals surface area (Å²) >= 11 is 0. The van der Waals surface area contributed by atoms with Crippen molar-refractivity contribution in [1.82, 2.24) is 16.0 Å². The third kappa shape index (κ3) is 6.79. The zero-order valence-electron chi connectivity index (χ0n) is 17.4. The van der Waals surface area contributed by atoms with E-state index in [1.807, 2.05) is 56.3 Å². The van der Waals surface area contributed by atoms with Crippen LogP contribution in [0, 0.1) is 0 Å². The van der Waals surface area contributed by atoms with E-state index in [2.05, 4.69) is 20.9 Å². The molecule has 2 aromatic rings. The number of fused-ring (bicyclic) bond motifs is 1. The lowest BCUT2D eigenvalue weighted by molar-refractivity contribution is 0.0955. The van der Waals surface area contributed by atoms with E-state index in [1.54, 1.807) is 0 Å². The van der Waals surface area contributed by atoms with Crippen LogP contribution in [0.2, 0.25) is 0 Å². The molecule has 1 aliphatic heterocycles. The summed E-state index contributed by atoms with van der Waals surface area (Å²) in [6.45, 7) is 6.84. The minimum Gasteiger partial charge on any atom is -0.454 e. The first-order valence-electron chi connectivity index (χ1n) is 9.97. The van der Waals surface area contributed by atoms with Gasteiger partial charge in [0, 0.05) is 25.2 Å². The molecule has 0 saturated heterocycles. The van der Waals surface area contributed by atoms with Crippen molar-refractivity contribution in [1.29, 1.82) is 0 Å². The van der Waals surface area contributed by atoms with Crippen molar-refractivity contribution in [3.63, 3.8) is 0 Å². The van der Waals surface area contributed by atoms with E-state index in [0.29, 0.717) is 18.7 Å². The number of ether oxygens (including phenoxy) is 2. The first-order valence-corrected chi connectivity index (χ1v) is 9.97. The lowest BCUT2D eigenvalue weighted by Gasteiger charge is -2.12. The number of halogens is 1. The van der Waals surface area contributed by atoms with Gasteiger partial charge in [-0.2, -0.15) is 0 Å². The van der Waals surface area contributed by atoms with Crippen LogP contribution in [-0.4, -0.2) is 38.3 Å². The van der Waals surface area contributed by atoms with E-state index in [9.17, 15) is 4.79 Å². The summed E-state index contributed by atoms with van der Waals surface area (Å²) in [4.78, 5) is 16.6. The van der Waals surface area contributed by atoms with Gasteiger partial charge in [0.2, 0.25) is 6.79 Å². The molecular weight excluding hydrogens is 495 g/mol. The molecule has 2 aromatic carbocycles. The second kappa shape index (κ2) is 12.3. The molecule has 162 valence electrons. The molecule has 0 aromatic heterocycles. The van der Waals surface area contributed by atoms with Gasteiger partial charge in [0.05, 0.1) is 6.54 Å². The number of guanidine groups is 1. The van der Waals surface area contributed by atoms with Crippen molar-refractivity contribution < 1.29 is 14.3 Å². The topological polar surface area (TPSA) is 84.0 Å². The minimum atomic E-state index is -0.0629. The molecule has 3 rings (SSSR count). The zero-order chi connectivity index (χ0) is 20.5. The number of aliphatic imine (C=N–C) groups is 1. The molecule has 0 radical (unpaired) electrons. The summed E-state index contributed by atoms with van der Waals surface area (Å²) in [5.41, 5.74) is 2.81. The van der Waals surface area contributed by atoms with Gasteiger partial charge in [0.1, 0.15) is 0 Å². The number of amides is 1. The highest BCUT2D eigenvalue weighted by atomic mass is 127. The molecule has 3 N–H and O–H groups in total. The van der Waals surface area contributed by atoms with Crippen molar-refractivity contribution >= 4 is 35.8 Å². The summed E-state index contributed by atoms with van der Waals surface area (Å²) in [5, 5.41) is 9.42. The molecule has 30 heavy (non-hydrogen) atoms. The Balaban J connectivity index is 0.00000320. The molecule has 0 spiro atoms. The third-order valence-corrected chi connectivity index (χ3v) is 4.43. The molecular formula is C22H29IN4O3. The van der Waals surface area contributed by atoms with Crippen LogP contribution >= 0.6 is 24.0 Å². The van der Waals surface area contributed by atoms with Crippen molar-refractivity contribution in [2.24, 2.45) is 4.99 Å². The van der Waals surface area contributed by atoms with Gasteiger partial charge in [-0.3, -0.25) is 4.79 Å². The van der Waals surface area contributed by atoms with Gasteiger partial charge in [0.15, 0.2) is 17.5 Å². The Labute approximate surface area is 194 Å². The van der Waals surface area contributed by atoms with E-state index < -0.39 is 0 Å². The van der Waals surface area contributed by atoms with Crippen LogP contribution < -0.4 is 25.4 Å². The number of rotatable bonds is 8. The molecule has 1 heterocycles. The maximum absolute atomic E-state index is 12.0. The van der Waals surface area contributed by atoms with Crippen molar-refractivity contribution in [2.45, 2.75) is 26.8 Å². The van der Waals surface area contributed by atoms with E-state index in [4.69, 9.17) is 9.47 Å². The van der Waals surface area contributed by atoms with Crippen LogP contribution in [0.4, 0.5) is 0 Å². The number of benzene rings is 2. The van der Waals surface area contributed by atoms with Crippen LogP contribution in [0.5, 0.6) is 11.5 Å². The number of carbonyl (C=O) groups is 1. The predicted octanol–water partition coefficient (Wildman–Crippen LogP) is 3.08. The van der Waals surface area contributed by atoms with Gasteiger partial charge < -0.3 is 25.4 Å². The summed E-state index contributed by atoms with van der Waals surface area (Å²) < 4.78 is 10.8. The summed E-state index contributed by atoms with van der Waals surface area (Å²) in [5.74, 6) is 2.28. The summed E-state index contributed by atoms with van der Waals surface area (Å²) in [7, 11) is 0. The normalized spacial score (nSPS) is 12.1. The predicted molar refractivity (Wildman–Crippen MR) is 129 cm³/mol. The standard InChI is InChI=1S/C22H28N4O3.HI/c1-3-23-21(27)18-7-5-6-17(12-18)14-26-22(24-4-2)25-11-10-16-8-9-19-20(13-16)29-15-28-19;/h5-9,12-13H,3-4,10-11,14-15H2,1-2H3,(H,23,27)(H2,24,25,26);1H. The number of hydrogen-bond donors (Lipinski definition) is 3. The molecule has 0 bridgehead atoms. The Morgan fingerprint density at radius 1 is 0.967 bits per heavy atom. The lowest BCUT2D eigenvalue weighted by Crippen LogP contribution is -2.38. The summed E-state index contributed by atoms with van der Waals surface area (Å²) in [6, 6.07) is 13.6. The Morgan fingerprint density at radius 2 is 1.77 bits per heavy atom. The average Bonchev–Trinajstić information content (AvgIpc) is 3.20. The van der Waals surface area contributed by atoms with Crippen LogP contribution in [0.25, 0.3) is 0 Å². The molecule has 0 fully saturated rings.